The van der Waals surface area contributed by atoms with Gasteiger partial charge in [-0.2, -0.15) is 4.57 Å². The van der Waals surface area contributed by atoms with E-state index >= 15 is 0 Å². The lowest BCUT2D eigenvalue weighted by Gasteiger charge is -2.14. The number of ketones is 1. The van der Waals surface area contributed by atoms with Gasteiger partial charge in [0.15, 0.2) is 12.4 Å². The third-order valence-corrected chi connectivity index (χ3v) is 8.79. The van der Waals surface area contributed by atoms with Crippen molar-refractivity contribution in [2.75, 3.05) is 6.61 Å². The Morgan fingerprint density at radius 2 is 1.89 bits per heavy atom. The number of esters is 1. The summed E-state index contributed by atoms with van der Waals surface area (Å²) in [6.07, 6.45) is 11.9. The SMILES string of the molecule is CCOC(=O)Cc1c(C(=O)c2ccc(Br)cc2)sc(SC2C=CCCC2)c1-[n+]1ccc(C)cc1.[I-]. The first-order valence-corrected chi connectivity index (χ1v) is 13.9. The summed E-state index contributed by atoms with van der Waals surface area (Å²) in [5.41, 5.74) is 3.38. The van der Waals surface area contributed by atoms with E-state index in [4.69, 9.17) is 4.74 Å². The van der Waals surface area contributed by atoms with Crippen LogP contribution in [0.4, 0.5) is 0 Å². The monoisotopic (exact) mass is 683 g/mol. The highest BCUT2D eigenvalue weighted by Crippen LogP contribution is 2.42. The summed E-state index contributed by atoms with van der Waals surface area (Å²) in [5, 5.41) is 0.350. The molecule has 0 aliphatic heterocycles. The maximum absolute atomic E-state index is 13.7. The summed E-state index contributed by atoms with van der Waals surface area (Å²) in [5.74, 6) is -0.398. The quantitative estimate of drug-likeness (QED) is 0.120. The molecule has 8 heteroatoms. The number of nitrogens with zero attached hydrogens (tertiary/aromatic N) is 1. The molecule has 0 spiro atoms. The van der Waals surface area contributed by atoms with Crippen molar-refractivity contribution in [3.63, 3.8) is 0 Å². The van der Waals surface area contributed by atoms with Gasteiger partial charge in [-0.25, -0.2) is 0 Å². The normalized spacial score (nSPS) is 14.9. The molecule has 0 fully saturated rings. The summed E-state index contributed by atoms with van der Waals surface area (Å²) in [6.45, 7) is 4.15. The maximum atomic E-state index is 13.7. The van der Waals surface area contributed by atoms with Gasteiger partial charge in [0.2, 0.25) is 11.5 Å². The summed E-state index contributed by atoms with van der Waals surface area (Å²) in [4.78, 5) is 26.9. The molecule has 0 bridgehead atoms. The Balaban J connectivity index is 0.00000342. The number of thiophene rings is 1. The van der Waals surface area contributed by atoms with Gasteiger partial charge in [-0.05, 0) is 62.9 Å². The second-order valence-electron chi connectivity index (χ2n) is 8.16. The van der Waals surface area contributed by atoms with E-state index in [9.17, 15) is 9.59 Å². The molecule has 0 saturated heterocycles. The molecular weight excluding hydrogens is 657 g/mol. The lowest BCUT2D eigenvalue weighted by atomic mass is 10.0. The minimum Gasteiger partial charge on any atom is -1.00 e. The number of rotatable bonds is 8. The van der Waals surface area contributed by atoms with Crippen LogP contribution in [0.1, 0.15) is 52.5 Å². The molecule has 2 heterocycles. The lowest BCUT2D eigenvalue weighted by Crippen LogP contribution is -3.00. The molecule has 4 nitrogen and oxygen atoms in total. The molecule has 1 aliphatic carbocycles. The van der Waals surface area contributed by atoms with E-state index in [1.54, 1.807) is 18.7 Å². The minimum absolute atomic E-state index is 0. The Bertz CT molecular complexity index is 1210. The lowest BCUT2D eigenvalue weighted by molar-refractivity contribution is -0.598. The van der Waals surface area contributed by atoms with Crippen LogP contribution in [0, 0.1) is 6.92 Å². The van der Waals surface area contributed by atoms with Crippen LogP contribution in [0.2, 0.25) is 0 Å². The van der Waals surface area contributed by atoms with E-state index in [1.165, 1.54) is 11.3 Å². The highest BCUT2D eigenvalue weighted by atomic mass is 127. The predicted molar refractivity (Wildman–Crippen MR) is 141 cm³/mol. The van der Waals surface area contributed by atoms with Crippen molar-refractivity contribution in [1.29, 1.82) is 0 Å². The Hall–Kier alpha value is -1.49. The van der Waals surface area contributed by atoms with Crippen LogP contribution >= 0.6 is 39.0 Å². The molecule has 1 unspecified atom stereocenters. The number of hydrogen-bond acceptors (Lipinski definition) is 5. The van der Waals surface area contributed by atoms with Crippen LogP contribution < -0.4 is 28.5 Å². The maximum Gasteiger partial charge on any atom is 0.310 e. The molecule has 3 aromatic rings. The van der Waals surface area contributed by atoms with Crippen LogP contribution in [0.5, 0.6) is 0 Å². The van der Waals surface area contributed by atoms with Crippen molar-refractivity contribution >= 4 is 50.8 Å². The molecule has 4 rings (SSSR count). The summed E-state index contributed by atoms with van der Waals surface area (Å²) >= 11 is 6.70. The van der Waals surface area contributed by atoms with E-state index < -0.39 is 0 Å². The third kappa shape index (κ3) is 7.05. The van der Waals surface area contributed by atoms with Crippen LogP contribution in [0.3, 0.4) is 0 Å². The van der Waals surface area contributed by atoms with Gasteiger partial charge in [-0.3, -0.25) is 9.59 Å². The Morgan fingerprint density at radius 3 is 2.51 bits per heavy atom. The van der Waals surface area contributed by atoms with Gasteiger partial charge in [-0.1, -0.05) is 28.1 Å². The number of thioether (sulfide) groups is 1. The number of hydrogen-bond donors (Lipinski definition) is 0. The van der Waals surface area contributed by atoms with E-state index in [2.05, 4.69) is 28.1 Å². The van der Waals surface area contributed by atoms with Gasteiger partial charge < -0.3 is 28.7 Å². The smallest absolute Gasteiger partial charge is 0.310 e. The second-order valence-corrected chi connectivity index (χ2v) is 11.6. The first kappa shape index (κ1) is 28.1. The average molecular weight is 684 g/mol. The van der Waals surface area contributed by atoms with Crippen molar-refractivity contribution in [2.24, 2.45) is 0 Å². The van der Waals surface area contributed by atoms with Crippen molar-refractivity contribution in [1.82, 2.24) is 0 Å². The zero-order chi connectivity index (χ0) is 24.1. The summed E-state index contributed by atoms with van der Waals surface area (Å²) in [6, 6.07) is 11.4. The Labute approximate surface area is 240 Å². The zero-order valence-electron chi connectivity index (χ0n) is 19.6. The number of aryl methyl sites for hydroxylation is 1. The molecule has 35 heavy (non-hydrogen) atoms. The highest BCUT2D eigenvalue weighted by Gasteiger charge is 2.32. The topological polar surface area (TPSA) is 47.3 Å². The highest BCUT2D eigenvalue weighted by molar-refractivity contribution is 9.10. The molecule has 2 aromatic heterocycles. The number of allylic oxidation sites excluding steroid dienone is 1. The molecule has 1 atom stereocenters. The van der Waals surface area contributed by atoms with E-state index in [-0.39, 0.29) is 42.2 Å². The molecule has 0 saturated carbocycles. The van der Waals surface area contributed by atoms with Crippen LogP contribution in [0.25, 0.3) is 5.69 Å². The zero-order valence-corrected chi connectivity index (χ0v) is 25.0. The number of aromatic nitrogens is 1. The second kappa shape index (κ2) is 13.2. The van der Waals surface area contributed by atoms with E-state index in [0.717, 1.165) is 44.8 Å². The standard InChI is InChI=1S/C27H27BrNO3S2.HI/c1-3-32-23(30)17-22-24(29-15-13-18(2)14-16-29)27(33-21-7-5-4-6-8-21)34-26(22)25(31)19-9-11-20(28)12-10-19;/h5,7,9-16,21H,3-4,6,8,17H2,1-2H3;1H/q+1;/p-1. The summed E-state index contributed by atoms with van der Waals surface area (Å²) < 4.78 is 9.29. The van der Waals surface area contributed by atoms with E-state index in [0.29, 0.717) is 22.3 Å². The molecule has 0 amide bonds. The number of halogens is 2. The largest absolute Gasteiger partial charge is 1.00 e. The van der Waals surface area contributed by atoms with Gasteiger partial charge in [0, 0.05) is 27.4 Å². The van der Waals surface area contributed by atoms with Crippen molar-refractivity contribution in [2.45, 2.75) is 49.0 Å². The fourth-order valence-electron chi connectivity index (χ4n) is 3.88. The number of benzene rings is 1. The molecule has 0 radical (unpaired) electrons. The van der Waals surface area contributed by atoms with Crippen molar-refractivity contribution in [3.8, 4) is 5.69 Å². The number of ether oxygens (including phenoxy) is 1. The van der Waals surface area contributed by atoms with Crippen LogP contribution in [-0.4, -0.2) is 23.6 Å². The Kier molecular flexibility index (Phi) is 10.6. The van der Waals surface area contributed by atoms with Crippen LogP contribution in [0.15, 0.2) is 69.6 Å². The predicted octanol–water partition coefficient (Wildman–Crippen LogP) is 3.64. The van der Waals surface area contributed by atoms with Gasteiger partial charge >= 0.3 is 5.97 Å². The molecule has 1 aliphatic rings. The van der Waals surface area contributed by atoms with Crippen molar-refractivity contribution in [3.05, 3.63) is 87.0 Å². The number of pyridine rings is 1. The minimum atomic E-state index is -0.326. The number of carbonyl (C=O) groups is 2. The van der Waals surface area contributed by atoms with Crippen LogP contribution in [-0.2, 0) is 16.0 Å². The average Bonchev–Trinajstić information content (AvgIpc) is 3.17. The molecular formula is C27H27BrINO3S2. The molecule has 1 aromatic carbocycles. The third-order valence-electron chi connectivity index (χ3n) is 5.61. The number of carbonyl (C=O) groups excluding carboxylic acids is 2. The summed E-state index contributed by atoms with van der Waals surface area (Å²) in [7, 11) is 0. The van der Waals surface area contributed by atoms with Gasteiger partial charge in [0.1, 0.15) is 4.21 Å². The first-order chi connectivity index (χ1) is 16.5. The van der Waals surface area contributed by atoms with E-state index in [1.807, 2.05) is 60.3 Å². The fourth-order valence-corrected chi connectivity index (χ4v) is 7.06. The fraction of sp³-hybridized carbons (Fsp3) is 0.296. The first-order valence-electron chi connectivity index (χ1n) is 11.4. The van der Waals surface area contributed by atoms with Crippen molar-refractivity contribution < 1.29 is 42.9 Å². The van der Waals surface area contributed by atoms with Gasteiger partial charge in [0.05, 0.1) is 23.5 Å². The Morgan fingerprint density at radius 1 is 1.17 bits per heavy atom. The van der Waals surface area contributed by atoms with Gasteiger partial charge in [0.25, 0.3) is 0 Å². The molecule has 184 valence electrons. The van der Waals surface area contributed by atoms with Gasteiger partial charge in [-0.15, -0.1) is 23.1 Å². The molecule has 0 N–H and O–H groups in total.